The van der Waals surface area contributed by atoms with Crippen molar-refractivity contribution in [2.75, 3.05) is 16.8 Å². The molecule has 1 unspecified atom stereocenters. The number of carbonyl (C=O) groups is 2. The van der Waals surface area contributed by atoms with Gasteiger partial charge in [-0.05, 0) is 38.1 Å². The molecule has 0 saturated heterocycles. The van der Waals surface area contributed by atoms with Gasteiger partial charge in [0.05, 0.1) is 21.3 Å². The van der Waals surface area contributed by atoms with E-state index in [2.05, 4.69) is 10.3 Å². The number of nitrogens with zero attached hydrogens (tertiary/aromatic N) is 3. The molecule has 2 amide bonds. The molecule has 10 heteroatoms. The van der Waals surface area contributed by atoms with E-state index < -0.39 is 16.9 Å². The number of non-ortho nitro benzene ring substituents is 1. The highest BCUT2D eigenvalue weighted by molar-refractivity contribution is 7.09. The molecular formula is C21H18N4O5S. The van der Waals surface area contributed by atoms with E-state index in [1.165, 1.54) is 34.4 Å². The lowest BCUT2D eigenvalue weighted by Crippen LogP contribution is -2.47. The van der Waals surface area contributed by atoms with E-state index in [9.17, 15) is 19.7 Å². The van der Waals surface area contributed by atoms with Crippen molar-refractivity contribution in [3.8, 4) is 17.0 Å². The van der Waals surface area contributed by atoms with E-state index in [4.69, 9.17) is 4.74 Å². The molecule has 3 aromatic rings. The minimum absolute atomic E-state index is 0.137. The van der Waals surface area contributed by atoms with Crippen LogP contribution < -0.4 is 15.0 Å². The molecule has 1 aliphatic rings. The van der Waals surface area contributed by atoms with Gasteiger partial charge in [-0.2, -0.15) is 0 Å². The van der Waals surface area contributed by atoms with Crippen molar-refractivity contribution in [2.45, 2.75) is 20.0 Å². The van der Waals surface area contributed by atoms with Gasteiger partial charge in [0.1, 0.15) is 12.3 Å². The molecule has 1 N–H and O–H groups in total. The zero-order valence-corrected chi connectivity index (χ0v) is 17.5. The summed E-state index contributed by atoms with van der Waals surface area (Å²) < 4.78 is 5.70. The van der Waals surface area contributed by atoms with Crippen LogP contribution in [0.2, 0.25) is 0 Å². The second kappa shape index (κ2) is 8.15. The first-order valence-electron chi connectivity index (χ1n) is 9.40. The van der Waals surface area contributed by atoms with Crippen molar-refractivity contribution in [3.63, 3.8) is 0 Å². The lowest BCUT2D eigenvalue weighted by Gasteiger charge is -2.32. The number of hydrogen-bond acceptors (Lipinski definition) is 7. The highest BCUT2D eigenvalue weighted by Crippen LogP contribution is 2.37. The number of fused-ring (bicyclic) bond motifs is 1. The summed E-state index contributed by atoms with van der Waals surface area (Å²) in [4.78, 5) is 41.7. The molecule has 0 radical (unpaired) electrons. The predicted molar refractivity (Wildman–Crippen MR) is 116 cm³/mol. The topological polar surface area (TPSA) is 115 Å². The lowest BCUT2D eigenvalue weighted by atomic mass is 10.1. The Morgan fingerprint density at radius 1 is 1.32 bits per heavy atom. The van der Waals surface area contributed by atoms with Gasteiger partial charge in [-0.15, -0.1) is 11.3 Å². The summed E-state index contributed by atoms with van der Waals surface area (Å²) in [5, 5.41) is 16.4. The molecule has 0 aliphatic carbocycles. The quantitative estimate of drug-likeness (QED) is 0.479. The number of nitro groups is 1. The van der Waals surface area contributed by atoms with E-state index in [0.29, 0.717) is 11.4 Å². The SMILES string of the molecule is Cc1nc(-c2ccc3c(c2)N(CC(=O)Nc2cccc([N+](=O)[O-])c2)C(=O)C(C)O3)cs1. The Hall–Kier alpha value is -3.79. The molecule has 1 aliphatic heterocycles. The average Bonchev–Trinajstić information content (AvgIpc) is 3.17. The van der Waals surface area contributed by atoms with Crippen LogP contribution in [0.25, 0.3) is 11.3 Å². The number of ether oxygens (including phenoxy) is 1. The molecule has 2 heterocycles. The fourth-order valence-electron chi connectivity index (χ4n) is 3.27. The van der Waals surface area contributed by atoms with Gasteiger partial charge in [0.2, 0.25) is 5.91 Å². The van der Waals surface area contributed by atoms with Gasteiger partial charge in [-0.25, -0.2) is 4.98 Å². The van der Waals surface area contributed by atoms with E-state index in [0.717, 1.165) is 16.3 Å². The van der Waals surface area contributed by atoms with Crippen molar-refractivity contribution in [3.05, 3.63) is 63.0 Å². The molecule has 9 nitrogen and oxygen atoms in total. The van der Waals surface area contributed by atoms with Gasteiger partial charge in [0, 0.05) is 28.8 Å². The summed E-state index contributed by atoms with van der Waals surface area (Å²) >= 11 is 1.52. The summed E-state index contributed by atoms with van der Waals surface area (Å²) in [6.45, 7) is 3.27. The fraction of sp³-hybridized carbons (Fsp3) is 0.190. The van der Waals surface area contributed by atoms with Crippen LogP contribution in [0.15, 0.2) is 47.8 Å². The second-order valence-corrected chi connectivity index (χ2v) is 8.04. The number of amides is 2. The van der Waals surface area contributed by atoms with E-state index in [-0.39, 0.29) is 23.8 Å². The van der Waals surface area contributed by atoms with Crippen molar-refractivity contribution >= 4 is 40.2 Å². The highest BCUT2D eigenvalue weighted by atomic mass is 32.1. The molecule has 1 aromatic heterocycles. The maximum atomic E-state index is 12.8. The summed E-state index contributed by atoms with van der Waals surface area (Å²) in [7, 11) is 0. The number of hydrogen-bond donors (Lipinski definition) is 1. The summed E-state index contributed by atoms with van der Waals surface area (Å²) in [5.74, 6) is -0.344. The molecule has 4 rings (SSSR count). The number of nitro benzene ring substituents is 1. The third kappa shape index (κ3) is 4.24. The average molecular weight is 438 g/mol. The Balaban J connectivity index is 1.60. The summed E-state index contributed by atoms with van der Waals surface area (Å²) in [6, 6.07) is 11.0. The number of aromatic nitrogens is 1. The normalized spacial score (nSPS) is 15.2. The first kappa shape index (κ1) is 20.5. The number of rotatable bonds is 5. The molecule has 31 heavy (non-hydrogen) atoms. The predicted octanol–water partition coefficient (Wildman–Crippen LogP) is 3.78. The van der Waals surface area contributed by atoms with Gasteiger partial charge in [-0.1, -0.05) is 6.07 Å². The van der Waals surface area contributed by atoms with Crippen LogP contribution in [-0.4, -0.2) is 34.4 Å². The molecular weight excluding hydrogens is 420 g/mol. The van der Waals surface area contributed by atoms with Gasteiger partial charge in [-0.3, -0.25) is 24.6 Å². The number of aryl methyl sites for hydroxylation is 1. The van der Waals surface area contributed by atoms with E-state index in [1.54, 1.807) is 25.1 Å². The third-order valence-corrected chi connectivity index (χ3v) is 5.50. The van der Waals surface area contributed by atoms with Gasteiger partial charge < -0.3 is 10.1 Å². The van der Waals surface area contributed by atoms with Gasteiger partial charge in [0.25, 0.3) is 11.6 Å². The van der Waals surface area contributed by atoms with Gasteiger partial charge in [0.15, 0.2) is 6.10 Å². The van der Waals surface area contributed by atoms with E-state index in [1.807, 2.05) is 18.4 Å². The highest BCUT2D eigenvalue weighted by Gasteiger charge is 2.33. The number of benzene rings is 2. The molecule has 1 atom stereocenters. The van der Waals surface area contributed by atoms with Crippen LogP contribution in [0, 0.1) is 17.0 Å². The lowest BCUT2D eigenvalue weighted by molar-refractivity contribution is -0.384. The summed E-state index contributed by atoms with van der Waals surface area (Å²) in [6.07, 6.45) is -0.745. The Morgan fingerprint density at radius 3 is 2.84 bits per heavy atom. The summed E-state index contributed by atoms with van der Waals surface area (Å²) in [5.41, 5.74) is 2.19. The Labute approximate surface area is 181 Å². The smallest absolute Gasteiger partial charge is 0.271 e. The van der Waals surface area contributed by atoms with Crippen LogP contribution in [0.5, 0.6) is 5.75 Å². The van der Waals surface area contributed by atoms with Crippen LogP contribution in [0.3, 0.4) is 0 Å². The second-order valence-electron chi connectivity index (χ2n) is 6.97. The van der Waals surface area contributed by atoms with Crippen LogP contribution in [-0.2, 0) is 9.59 Å². The number of carbonyl (C=O) groups excluding carboxylic acids is 2. The minimum Gasteiger partial charge on any atom is -0.479 e. The molecule has 0 fully saturated rings. The number of thiazole rings is 1. The standard InChI is InChI=1S/C21H18N4O5S/c1-12-21(27)24(10-20(26)23-15-4-3-5-16(9-15)25(28)29)18-8-14(6-7-19(18)30-12)17-11-31-13(2)22-17/h3-9,11-12H,10H2,1-2H3,(H,23,26). The molecule has 0 saturated carbocycles. The monoisotopic (exact) mass is 438 g/mol. The van der Waals surface area contributed by atoms with Crippen LogP contribution in [0.1, 0.15) is 11.9 Å². The third-order valence-electron chi connectivity index (χ3n) is 4.72. The van der Waals surface area contributed by atoms with E-state index >= 15 is 0 Å². The molecule has 0 bridgehead atoms. The maximum Gasteiger partial charge on any atom is 0.271 e. The fourth-order valence-corrected chi connectivity index (χ4v) is 3.89. The number of anilines is 2. The number of nitrogens with one attached hydrogen (secondary N) is 1. The minimum atomic E-state index is -0.745. The first-order valence-corrected chi connectivity index (χ1v) is 10.3. The largest absolute Gasteiger partial charge is 0.479 e. The van der Waals surface area contributed by atoms with Crippen molar-refractivity contribution < 1.29 is 19.2 Å². The Bertz CT molecular complexity index is 1190. The van der Waals surface area contributed by atoms with Crippen LogP contribution in [0.4, 0.5) is 17.1 Å². The Kier molecular flexibility index (Phi) is 5.38. The van der Waals surface area contributed by atoms with Crippen molar-refractivity contribution in [1.82, 2.24) is 4.98 Å². The van der Waals surface area contributed by atoms with Crippen molar-refractivity contribution in [1.29, 1.82) is 0 Å². The molecule has 0 spiro atoms. The van der Waals surface area contributed by atoms with Gasteiger partial charge >= 0.3 is 0 Å². The zero-order chi connectivity index (χ0) is 22.1. The first-order chi connectivity index (χ1) is 14.8. The Morgan fingerprint density at radius 2 is 2.13 bits per heavy atom. The maximum absolute atomic E-state index is 12.8. The molecule has 158 valence electrons. The molecule has 2 aromatic carbocycles. The zero-order valence-electron chi connectivity index (χ0n) is 16.7. The van der Waals surface area contributed by atoms with Crippen LogP contribution >= 0.6 is 11.3 Å². The van der Waals surface area contributed by atoms with Crippen molar-refractivity contribution in [2.24, 2.45) is 0 Å².